The van der Waals surface area contributed by atoms with Crippen molar-refractivity contribution < 1.29 is 9.90 Å². The van der Waals surface area contributed by atoms with Crippen molar-refractivity contribution >= 4 is 6.03 Å². The van der Waals surface area contributed by atoms with Crippen LogP contribution >= 0.6 is 0 Å². The summed E-state index contributed by atoms with van der Waals surface area (Å²) < 4.78 is 0. The molecule has 3 atom stereocenters. The fourth-order valence-electron chi connectivity index (χ4n) is 2.73. The predicted molar refractivity (Wildman–Crippen MR) is 86.3 cm³/mol. The van der Waals surface area contributed by atoms with E-state index in [9.17, 15) is 9.90 Å². The van der Waals surface area contributed by atoms with E-state index in [0.717, 1.165) is 25.3 Å². The van der Waals surface area contributed by atoms with Crippen molar-refractivity contribution in [3.05, 3.63) is 0 Å². The molecule has 1 rings (SSSR count). The Labute approximate surface area is 129 Å². The van der Waals surface area contributed by atoms with Crippen LogP contribution in [-0.4, -0.2) is 54.9 Å². The minimum absolute atomic E-state index is 0.177. The van der Waals surface area contributed by atoms with Gasteiger partial charge in [0.25, 0.3) is 0 Å². The molecule has 21 heavy (non-hydrogen) atoms. The van der Waals surface area contributed by atoms with Crippen molar-refractivity contribution in [1.82, 2.24) is 15.5 Å². The largest absolute Gasteiger partial charge is 0.391 e. The summed E-state index contributed by atoms with van der Waals surface area (Å²) in [5.74, 6) is 1.02. The lowest BCUT2D eigenvalue weighted by molar-refractivity contribution is 0.114. The van der Waals surface area contributed by atoms with Gasteiger partial charge >= 0.3 is 6.03 Å². The smallest absolute Gasteiger partial charge is 0.314 e. The maximum absolute atomic E-state index is 11.6. The molecule has 0 saturated carbocycles. The van der Waals surface area contributed by atoms with Gasteiger partial charge in [0.05, 0.1) is 6.10 Å². The molecular weight excluding hydrogens is 266 g/mol. The molecule has 0 aliphatic carbocycles. The summed E-state index contributed by atoms with van der Waals surface area (Å²) in [7, 11) is 0. The molecule has 0 spiro atoms. The fraction of sp³-hybridized carbons (Fsp3) is 0.938. The van der Waals surface area contributed by atoms with Crippen LogP contribution in [0.2, 0.25) is 0 Å². The third-order valence-corrected chi connectivity index (χ3v) is 4.45. The monoisotopic (exact) mass is 299 g/mol. The highest BCUT2D eigenvalue weighted by Crippen LogP contribution is 2.15. The van der Waals surface area contributed by atoms with E-state index in [4.69, 9.17) is 0 Å². The zero-order chi connectivity index (χ0) is 15.7. The first-order valence-electron chi connectivity index (χ1n) is 8.45. The average molecular weight is 299 g/mol. The molecule has 0 bridgehead atoms. The zero-order valence-electron chi connectivity index (χ0n) is 13.9. The Balaban J connectivity index is 2.03. The first kappa shape index (κ1) is 18.2. The van der Waals surface area contributed by atoms with Crippen molar-refractivity contribution in [3.8, 4) is 0 Å². The normalized spacial score (nSPS) is 22.6. The van der Waals surface area contributed by atoms with Crippen LogP contribution in [0.3, 0.4) is 0 Å². The third kappa shape index (κ3) is 7.67. The number of hydrogen-bond acceptors (Lipinski definition) is 3. The molecule has 5 nitrogen and oxygen atoms in total. The van der Waals surface area contributed by atoms with Crippen LogP contribution in [-0.2, 0) is 0 Å². The topological polar surface area (TPSA) is 64.6 Å². The first-order chi connectivity index (χ1) is 10.0. The number of rotatable bonds is 8. The summed E-state index contributed by atoms with van der Waals surface area (Å²) in [6, 6.07) is -0.177. The molecule has 3 N–H and O–H groups in total. The highest BCUT2D eigenvalue weighted by atomic mass is 16.3. The quantitative estimate of drug-likeness (QED) is 0.599. The van der Waals surface area contributed by atoms with Gasteiger partial charge < -0.3 is 20.6 Å². The lowest BCUT2D eigenvalue weighted by Gasteiger charge is -2.30. The molecule has 3 unspecified atom stereocenters. The summed E-state index contributed by atoms with van der Waals surface area (Å²) in [4.78, 5) is 14.1. The number of piperidine rings is 1. The molecule has 124 valence electrons. The highest BCUT2D eigenvalue weighted by Gasteiger charge is 2.16. The number of nitrogens with zero attached hydrogens (tertiary/aromatic N) is 1. The van der Waals surface area contributed by atoms with Gasteiger partial charge in [-0.05, 0) is 44.2 Å². The molecule has 5 heteroatoms. The van der Waals surface area contributed by atoms with Crippen LogP contribution in [0.25, 0.3) is 0 Å². The Bertz CT molecular complexity index is 299. The van der Waals surface area contributed by atoms with E-state index in [1.54, 1.807) is 0 Å². The molecular formula is C16H33N3O2. The van der Waals surface area contributed by atoms with Gasteiger partial charge in [-0.15, -0.1) is 0 Å². The van der Waals surface area contributed by atoms with Crippen LogP contribution in [0, 0.1) is 11.8 Å². The van der Waals surface area contributed by atoms with Crippen molar-refractivity contribution in [2.75, 3.05) is 32.7 Å². The molecule has 1 aliphatic rings. The second-order valence-electron chi connectivity index (χ2n) is 6.49. The first-order valence-corrected chi connectivity index (χ1v) is 8.45. The van der Waals surface area contributed by atoms with Crippen LogP contribution in [0.1, 0.15) is 46.5 Å². The van der Waals surface area contributed by atoms with Gasteiger partial charge in [0.2, 0.25) is 0 Å². The molecule has 0 aromatic heterocycles. The number of likely N-dealkylation sites (tertiary alicyclic amines) is 1. The van der Waals surface area contributed by atoms with Gasteiger partial charge in [-0.25, -0.2) is 4.79 Å². The molecule has 1 saturated heterocycles. The average Bonchev–Trinajstić information content (AvgIpc) is 2.48. The Morgan fingerprint density at radius 1 is 1.43 bits per heavy atom. The molecule has 0 aromatic carbocycles. The van der Waals surface area contributed by atoms with Gasteiger partial charge in [0.1, 0.15) is 0 Å². The molecule has 2 amide bonds. The molecule has 1 fully saturated rings. The SMILES string of the molecule is CCC(C)C(O)CNC(=O)NCCCN1CCCC(C)C1. The third-order valence-electron chi connectivity index (χ3n) is 4.45. The molecule has 1 aliphatic heterocycles. The summed E-state index contributed by atoms with van der Waals surface area (Å²) in [5.41, 5.74) is 0. The Morgan fingerprint density at radius 2 is 2.19 bits per heavy atom. The number of amides is 2. The molecule has 0 aromatic rings. The summed E-state index contributed by atoms with van der Waals surface area (Å²) >= 11 is 0. The van der Waals surface area contributed by atoms with E-state index in [-0.39, 0.29) is 11.9 Å². The van der Waals surface area contributed by atoms with Crippen molar-refractivity contribution in [2.24, 2.45) is 11.8 Å². The Morgan fingerprint density at radius 3 is 2.86 bits per heavy atom. The van der Waals surface area contributed by atoms with E-state index in [0.29, 0.717) is 13.1 Å². The number of aliphatic hydroxyl groups excluding tert-OH is 1. The van der Waals surface area contributed by atoms with Crippen molar-refractivity contribution in [2.45, 2.75) is 52.6 Å². The van der Waals surface area contributed by atoms with E-state index in [1.165, 1.54) is 25.9 Å². The van der Waals surface area contributed by atoms with Crippen molar-refractivity contribution in [1.29, 1.82) is 0 Å². The number of nitrogens with one attached hydrogen (secondary N) is 2. The van der Waals surface area contributed by atoms with Gasteiger partial charge in [-0.2, -0.15) is 0 Å². The maximum Gasteiger partial charge on any atom is 0.314 e. The number of carbonyl (C=O) groups is 1. The van der Waals surface area contributed by atoms with Crippen LogP contribution in [0.15, 0.2) is 0 Å². The Kier molecular flexibility index (Phi) is 8.69. The number of carbonyl (C=O) groups excluding carboxylic acids is 1. The van der Waals surface area contributed by atoms with Gasteiger partial charge in [0.15, 0.2) is 0 Å². The van der Waals surface area contributed by atoms with Gasteiger partial charge in [-0.3, -0.25) is 0 Å². The summed E-state index contributed by atoms with van der Waals surface area (Å²) in [6.07, 6.45) is 4.07. The lowest BCUT2D eigenvalue weighted by atomic mass is 10.0. The lowest BCUT2D eigenvalue weighted by Crippen LogP contribution is -2.42. The summed E-state index contributed by atoms with van der Waals surface area (Å²) in [5, 5.41) is 15.4. The number of hydrogen-bond donors (Lipinski definition) is 3. The van der Waals surface area contributed by atoms with E-state index in [1.807, 2.05) is 13.8 Å². The van der Waals surface area contributed by atoms with Crippen LogP contribution in [0.4, 0.5) is 4.79 Å². The van der Waals surface area contributed by atoms with E-state index >= 15 is 0 Å². The Hall–Kier alpha value is -0.810. The maximum atomic E-state index is 11.6. The van der Waals surface area contributed by atoms with Gasteiger partial charge in [0, 0.05) is 19.6 Å². The highest BCUT2D eigenvalue weighted by molar-refractivity contribution is 5.73. The summed E-state index contributed by atoms with van der Waals surface area (Å²) in [6.45, 7) is 10.8. The number of aliphatic hydroxyl groups is 1. The zero-order valence-corrected chi connectivity index (χ0v) is 13.9. The standard InChI is InChI=1S/C16H33N3O2/c1-4-14(3)15(20)11-18-16(21)17-8-6-10-19-9-5-7-13(2)12-19/h13-15,20H,4-12H2,1-3H3,(H2,17,18,21). The van der Waals surface area contributed by atoms with E-state index < -0.39 is 6.10 Å². The van der Waals surface area contributed by atoms with Crippen LogP contribution < -0.4 is 10.6 Å². The van der Waals surface area contributed by atoms with Crippen molar-refractivity contribution in [3.63, 3.8) is 0 Å². The van der Waals surface area contributed by atoms with Gasteiger partial charge in [-0.1, -0.05) is 27.2 Å². The van der Waals surface area contributed by atoms with Crippen LogP contribution in [0.5, 0.6) is 0 Å². The predicted octanol–water partition coefficient (Wildman–Crippen LogP) is 1.81. The number of urea groups is 1. The minimum atomic E-state index is -0.462. The fourth-order valence-corrected chi connectivity index (χ4v) is 2.73. The molecule has 1 heterocycles. The van der Waals surface area contributed by atoms with E-state index in [2.05, 4.69) is 22.5 Å². The second-order valence-corrected chi connectivity index (χ2v) is 6.49. The second kappa shape index (κ2) is 10.0. The minimum Gasteiger partial charge on any atom is -0.391 e. The molecule has 0 radical (unpaired) electrons.